The summed E-state index contributed by atoms with van der Waals surface area (Å²) in [5, 5.41) is 0.564. The minimum absolute atomic E-state index is 0.139. The lowest BCUT2D eigenvalue weighted by molar-refractivity contribution is 0.0698. The molecule has 10 heteroatoms. The summed E-state index contributed by atoms with van der Waals surface area (Å²) in [5.41, 5.74) is 4.16. The summed E-state index contributed by atoms with van der Waals surface area (Å²) in [6.07, 6.45) is 3.09. The number of hydrogen-bond donors (Lipinski definition) is 1. The number of aromatic nitrogens is 4. The van der Waals surface area contributed by atoms with Crippen molar-refractivity contribution in [1.82, 2.24) is 29.1 Å². The predicted octanol–water partition coefficient (Wildman–Crippen LogP) is 2.27. The second kappa shape index (κ2) is 7.64. The summed E-state index contributed by atoms with van der Waals surface area (Å²) in [7, 11) is -3.69. The van der Waals surface area contributed by atoms with E-state index in [4.69, 9.17) is 0 Å². The zero-order chi connectivity index (χ0) is 22.5. The largest absolute Gasteiger partial charge is 0.345 e. The first-order valence-electron chi connectivity index (χ1n) is 10.3. The van der Waals surface area contributed by atoms with Gasteiger partial charge in [0.15, 0.2) is 0 Å². The highest BCUT2D eigenvalue weighted by Gasteiger charge is 2.32. The van der Waals surface area contributed by atoms with Crippen molar-refractivity contribution in [1.29, 1.82) is 0 Å². The first-order chi connectivity index (χ1) is 15.3. The number of carbonyl (C=O) groups is 1. The van der Waals surface area contributed by atoms with Gasteiger partial charge in [-0.1, -0.05) is 0 Å². The zero-order valence-electron chi connectivity index (χ0n) is 17.7. The fourth-order valence-corrected chi connectivity index (χ4v) is 5.53. The molecule has 1 fully saturated rings. The number of sulfonamides is 1. The summed E-state index contributed by atoms with van der Waals surface area (Å²) in [6.45, 7) is 4.88. The van der Waals surface area contributed by atoms with Crippen molar-refractivity contribution in [3.05, 3.63) is 59.7 Å². The van der Waals surface area contributed by atoms with Crippen LogP contribution in [0.1, 0.15) is 21.7 Å². The summed E-state index contributed by atoms with van der Waals surface area (Å²) in [4.78, 5) is 31.0. The Balaban J connectivity index is 1.33. The lowest BCUT2D eigenvalue weighted by atomic mass is 10.1. The Bertz CT molecular complexity index is 1460. The molecule has 0 bridgehead atoms. The van der Waals surface area contributed by atoms with Crippen molar-refractivity contribution in [3.63, 3.8) is 0 Å². The number of aromatic amines is 1. The topological polar surface area (TPSA) is 112 Å². The van der Waals surface area contributed by atoms with E-state index in [1.807, 2.05) is 13.8 Å². The van der Waals surface area contributed by atoms with Crippen molar-refractivity contribution < 1.29 is 13.2 Å². The van der Waals surface area contributed by atoms with Crippen LogP contribution in [-0.4, -0.2) is 69.6 Å². The van der Waals surface area contributed by atoms with Gasteiger partial charge >= 0.3 is 0 Å². The number of hydrogen-bond acceptors (Lipinski definition) is 6. The fourth-order valence-electron chi connectivity index (χ4n) is 3.96. The van der Waals surface area contributed by atoms with Gasteiger partial charge in [0.1, 0.15) is 10.5 Å². The van der Waals surface area contributed by atoms with Crippen molar-refractivity contribution in [2.75, 3.05) is 26.2 Å². The van der Waals surface area contributed by atoms with Crippen molar-refractivity contribution in [3.8, 4) is 0 Å². The molecule has 0 aliphatic carbocycles. The van der Waals surface area contributed by atoms with Crippen LogP contribution in [0.2, 0.25) is 0 Å². The van der Waals surface area contributed by atoms with Crippen LogP contribution in [0, 0.1) is 13.8 Å². The molecule has 0 spiro atoms. The summed E-state index contributed by atoms with van der Waals surface area (Å²) in [6, 6.07) is 8.74. The zero-order valence-corrected chi connectivity index (χ0v) is 18.6. The maximum absolute atomic E-state index is 13.2. The SMILES string of the molecule is Cc1nc2ccc(C(=O)N3CCN(S(=O)(=O)c4c[nH]c5ncccc45)CC3)cc2nc1C. The number of fused-ring (bicyclic) bond motifs is 2. The number of rotatable bonds is 3. The molecule has 164 valence electrons. The van der Waals surface area contributed by atoms with Crippen LogP contribution in [0.4, 0.5) is 0 Å². The first-order valence-corrected chi connectivity index (χ1v) is 11.7. The van der Waals surface area contributed by atoms with Gasteiger partial charge in [-0.05, 0) is 44.2 Å². The first kappa shape index (κ1) is 20.5. The Kier molecular flexibility index (Phi) is 4.90. The van der Waals surface area contributed by atoms with E-state index in [0.29, 0.717) is 35.2 Å². The van der Waals surface area contributed by atoms with Crippen molar-refractivity contribution in [2.45, 2.75) is 18.7 Å². The molecule has 0 radical (unpaired) electrons. The summed E-state index contributed by atoms with van der Waals surface area (Å²) < 4.78 is 27.8. The molecule has 0 unspecified atom stereocenters. The normalized spacial score (nSPS) is 15.5. The van der Waals surface area contributed by atoms with Crippen LogP contribution in [-0.2, 0) is 10.0 Å². The number of carbonyl (C=O) groups excluding carboxylic acids is 1. The van der Waals surface area contributed by atoms with Gasteiger partial charge in [-0.3, -0.25) is 4.79 Å². The maximum Gasteiger partial charge on any atom is 0.254 e. The number of aryl methyl sites for hydroxylation is 2. The Morgan fingerprint density at radius 3 is 2.47 bits per heavy atom. The molecule has 1 aliphatic rings. The minimum atomic E-state index is -3.69. The molecule has 3 aromatic heterocycles. The third kappa shape index (κ3) is 3.41. The third-order valence-electron chi connectivity index (χ3n) is 5.88. The number of nitrogens with zero attached hydrogens (tertiary/aromatic N) is 5. The molecule has 0 saturated carbocycles. The van der Waals surface area contributed by atoms with E-state index in [0.717, 1.165) is 16.9 Å². The van der Waals surface area contributed by atoms with E-state index in [9.17, 15) is 13.2 Å². The predicted molar refractivity (Wildman–Crippen MR) is 120 cm³/mol. The van der Waals surface area contributed by atoms with Gasteiger partial charge in [0.2, 0.25) is 10.0 Å². The van der Waals surface area contributed by atoms with Gasteiger partial charge in [0, 0.05) is 49.5 Å². The van der Waals surface area contributed by atoms with Crippen LogP contribution in [0.15, 0.2) is 47.6 Å². The lowest BCUT2D eigenvalue weighted by Crippen LogP contribution is -2.50. The van der Waals surface area contributed by atoms with Crippen LogP contribution in [0.25, 0.3) is 22.1 Å². The molecule has 1 aromatic carbocycles. The van der Waals surface area contributed by atoms with Gasteiger partial charge < -0.3 is 9.88 Å². The van der Waals surface area contributed by atoms with Crippen molar-refractivity contribution in [2.24, 2.45) is 0 Å². The Morgan fingerprint density at radius 2 is 1.72 bits per heavy atom. The van der Waals surface area contributed by atoms with Gasteiger partial charge in [-0.25, -0.2) is 23.4 Å². The monoisotopic (exact) mass is 450 g/mol. The highest BCUT2D eigenvalue weighted by molar-refractivity contribution is 7.89. The van der Waals surface area contributed by atoms with E-state index in [1.165, 1.54) is 10.5 Å². The molecule has 1 N–H and O–H groups in total. The molecule has 32 heavy (non-hydrogen) atoms. The molecule has 0 atom stereocenters. The number of nitrogens with one attached hydrogen (secondary N) is 1. The Morgan fingerprint density at radius 1 is 1.00 bits per heavy atom. The molecule has 1 saturated heterocycles. The Hall–Kier alpha value is -3.37. The molecular formula is C22H22N6O3S. The maximum atomic E-state index is 13.2. The van der Waals surface area contributed by atoms with E-state index >= 15 is 0 Å². The van der Waals surface area contributed by atoms with Crippen LogP contribution in [0.3, 0.4) is 0 Å². The van der Waals surface area contributed by atoms with Gasteiger partial charge in [-0.15, -0.1) is 0 Å². The number of benzene rings is 1. The summed E-state index contributed by atoms with van der Waals surface area (Å²) in [5.74, 6) is -0.139. The van der Waals surface area contributed by atoms with Crippen molar-refractivity contribution >= 4 is 38.0 Å². The molecule has 1 amide bonds. The second-order valence-electron chi connectivity index (χ2n) is 7.85. The number of pyridine rings is 1. The van der Waals surface area contributed by atoms with Gasteiger partial charge in [0.05, 0.1) is 22.4 Å². The molecule has 5 rings (SSSR count). The fraction of sp³-hybridized carbons (Fsp3) is 0.273. The smallest absolute Gasteiger partial charge is 0.254 e. The molecule has 1 aliphatic heterocycles. The lowest BCUT2D eigenvalue weighted by Gasteiger charge is -2.34. The molecule has 4 aromatic rings. The molecule has 4 heterocycles. The Labute approximate surface area is 185 Å². The standard InChI is InChI=1S/C22H22N6O3S/c1-14-15(2)26-19-12-16(5-6-18(19)25-14)22(29)27-8-10-28(11-9-27)32(30,31)20-13-24-21-17(20)4-3-7-23-21/h3-7,12-13H,8-11H2,1-2H3,(H,23,24). The van der Waals surface area contributed by atoms with E-state index < -0.39 is 10.0 Å². The average Bonchev–Trinajstić information content (AvgIpc) is 3.24. The summed E-state index contributed by atoms with van der Waals surface area (Å²) >= 11 is 0. The van der Waals surface area contributed by atoms with Crippen LogP contribution in [0.5, 0.6) is 0 Å². The van der Waals surface area contributed by atoms with Crippen LogP contribution >= 0.6 is 0 Å². The van der Waals surface area contributed by atoms with Crippen LogP contribution < -0.4 is 0 Å². The highest BCUT2D eigenvalue weighted by Crippen LogP contribution is 2.25. The highest BCUT2D eigenvalue weighted by atomic mass is 32.2. The minimum Gasteiger partial charge on any atom is -0.345 e. The van der Waals surface area contributed by atoms with Gasteiger partial charge in [-0.2, -0.15) is 4.31 Å². The average molecular weight is 451 g/mol. The third-order valence-corrected chi connectivity index (χ3v) is 7.82. The van der Waals surface area contributed by atoms with E-state index in [-0.39, 0.29) is 23.9 Å². The second-order valence-corrected chi connectivity index (χ2v) is 9.75. The quantitative estimate of drug-likeness (QED) is 0.512. The number of H-pyrrole nitrogens is 1. The number of amides is 1. The van der Waals surface area contributed by atoms with E-state index in [2.05, 4.69) is 19.9 Å². The molecule has 9 nitrogen and oxygen atoms in total. The molecular weight excluding hydrogens is 428 g/mol. The van der Waals surface area contributed by atoms with E-state index in [1.54, 1.807) is 41.4 Å². The van der Waals surface area contributed by atoms with Gasteiger partial charge in [0.25, 0.3) is 5.91 Å². The number of piperazine rings is 1.